The Morgan fingerprint density at radius 2 is 2.20 bits per heavy atom. The Balaban J connectivity index is 3.56. The number of alkyl halides is 1. The van der Waals surface area contributed by atoms with Gasteiger partial charge in [0, 0.05) is 13.5 Å². The molecule has 0 spiro atoms. The summed E-state index contributed by atoms with van der Waals surface area (Å²) >= 11 is 5.43. The highest BCUT2D eigenvalue weighted by molar-refractivity contribution is 7.89. The SMILES string of the molecule is COC(Cl)CCS(N)(=O)=O. The molecule has 1 atom stereocenters. The molecule has 10 heavy (non-hydrogen) atoms. The van der Waals surface area contributed by atoms with Gasteiger partial charge in [0.1, 0.15) is 5.56 Å². The van der Waals surface area contributed by atoms with Crippen molar-refractivity contribution in [3.05, 3.63) is 0 Å². The van der Waals surface area contributed by atoms with Gasteiger partial charge in [0.15, 0.2) is 0 Å². The maximum atomic E-state index is 10.3. The highest BCUT2D eigenvalue weighted by atomic mass is 35.5. The van der Waals surface area contributed by atoms with E-state index in [1.54, 1.807) is 0 Å². The zero-order chi connectivity index (χ0) is 8.20. The number of primary sulfonamides is 1. The monoisotopic (exact) mass is 187 g/mol. The minimum absolute atomic E-state index is 0.144. The van der Waals surface area contributed by atoms with Crippen LogP contribution in [-0.2, 0) is 14.8 Å². The van der Waals surface area contributed by atoms with Crippen molar-refractivity contribution < 1.29 is 13.2 Å². The number of sulfonamides is 1. The predicted octanol–water partition coefficient (Wildman–Crippen LogP) is -0.124. The minimum Gasteiger partial charge on any atom is -0.366 e. The van der Waals surface area contributed by atoms with Gasteiger partial charge in [0.05, 0.1) is 5.75 Å². The van der Waals surface area contributed by atoms with Crippen LogP contribution in [0.25, 0.3) is 0 Å². The van der Waals surface area contributed by atoms with Crippen molar-refractivity contribution in [2.75, 3.05) is 12.9 Å². The van der Waals surface area contributed by atoms with E-state index in [0.717, 1.165) is 0 Å². The van der Waals surface area contributed by atoms with E-state index in [9.17, 15) is 8.42 Å². The fourth-order valence-corrected chi connectivity index (χ4v) is 1.16. The summed E-state index contributed by atoms with van der Waals surface area (Å²) in [5.41, 5.74) is -0.571. The molecule has 2 N–H and O–H groups in total. The van der Waals surface area contributed by atoms with Crippen LogP contribution in [0, 0.1) is 0 Å². The molecule has 0 radical (unpaired) electrons. The van der Waals surface area contributed by atoms with E-state index >= 15 is 0 Å². The second-order valence-electron chi connectivity index (χ2n) is 1.80. The fourth-order valence-electron chi connectivity index (χ4n) is 0.375. The summed E-state index contributed by atoms with van der Waals surface area (Å²) in [4.78, 5) is 0. The standard InChI is InChI=1S/C4H10ClNO3S/c1-9-4(5)2-3-10(6,7)8/h4H,2-3H2,1H3,(H2,6,7,8). The van der Waals surface area contributed by atoms with Gasteiger partial charge in [0.2, 0.25) is 10.0 Å². The second kappa shape index (κ2) is 4.12. The van der Waals surface area contributed by atoms with E-state index < -0.39 is 15.6 Å². The summed E-state index contributed by atoms with van der Waals surface area (Å²) < 4.78 is 25.2. The van der Waals surface area contributed by atoms with Crippen LogP contribution in [0.2, 0.25) is 0 Å². The number of hydrogen-bond donors (Lipinski definition) is 1. The van der Waals surface area contributed by atoms with Gasteiger partial charge < -0.3 is 4.74 Å². The number of hydrogen-bond acceptors (Lipinski definition) is 3. The van der Waals surface area contributed by atoms with Crippen LogP contribution in [-0.4, -0.2) is 26.8 Å². The van der Waals surface area contributed by atoms with Gasteiger partial charge in [-0.15, -0.1) is 0 Å². The summed E-state index contributed by atoms with van der Waals surface area (Å²) in [5.74, 6) is -0.144. The Bertz CT molecular complexity index is 179. The maximum absolute atomic E-state index is 10.3. The summed E-state index contributed by atoms with van der Waals surface area (Å²) in [6.07, 6.45) is 0.219. The lowest BCUT2D eigenvalue weighted by atomic mass is 10.5. The van der Waals surface area contributed by atoms with Gasteiger partial charge in [-0.1, -0.05) is 11.6 Å². The molecule has 0 heterocycles. The smallest absolute Gasteiger partial charge is 0.209 e. The first-order chi connectivity index (χ1) is 4.45. The predicted molar refractivity (Wildman–Crippen MR) is 39.2 cm³/mol. The first-order valence-corrected chi connectivity index (χ1v) is 4.78. The fraction of sp³-hybridized carbons (Fsp3) is 1.00. The Kier molecular flexibility index (Phi) is 4.19. The third kappa shape index (κ3) is 6.28. The molecule has 0 amide bonds. The van der Waals surface area contributed by atoms with E-state index in [0.29, 0.717) is 0 Å². The number of methoxy groups -OCH3 is 1. The Hall–Kier alpha value is 0.160. The molecule has 6 heteroatoms. The minimum atomic E-state index is -3.39. The summed E-state index contributed by atoms with van der Waals surface area (Å²) in [6.45, 7) is 0. The first-order valence-electron chi connectivity index (χ1n) is 2.63. The van der Waals surface area contributed by atoms with Gasteiger partial charge in [-0.25, -0.2) is 13.6 Å². The van der Waals surface area contributed by atoms with Gasteiger partial charge in [0.25, 0.3) is 0 Å². The topological polar surface area (TPSA) is 69.4 Å². The Morgan fingerprint density at radius 3 is 2.50 bits per heavy atom. The number of rotatable bonds is 4. The van der Waals surface area contributed by atoms with Crippen molar-refractivity contribution in [3.63, 3.8) is 0 Å². The van der Waals surface area contributed by atoms with Crippen molar-refractivity contribution >= 4 is 21.6 Å². The Labute approximate surface area is 65.4 Å². The average molecular weight is 188 g/mol. The van der Waals surface area contributed by atoms with Crippen molar-refractivity contribution in [1.29, 1.82) is 0 Å². The molecule has 1 unspecified atom stereocenters. The van der Waals surface area contributed by atoms with E-state index in [4.69, 9.17) is 16.7 Å². The number of nitrogens with two attached hydrogens (primary N) is 1. The molecule has 62 valence electrons. The molecule has 0 aromatic heterocycles. The van der Waals surface area contributed by atoms with Gasteiger partial charge in [-0.3, -0.25) is 0 Å². The lowest BCUT2D eigenvalue weighted by Gasteiger charge is -2.04. The molecule has 0 aliphatic heterocycles. The molecule has 0 saturated heterocycles. The maximum Gasteiger partial charge on any atom is 0.209 e. The van der Waals surface area contributed by atoms with Crippen molar-refractivity contribution in [3.8, 4) is 0 Å². The molecule has 0 aromatic carbocycles. The summed E-state index contributed by atoms with van der Waals surface area (Å²) in [6, 6.07) is 0. The summed E-state index contributed by atoms with van der Waals surface area (Å²) in [7, 11) is -1.99. The molecule has 0 rings (SSSR count). The normalized spacial score (nSPS) is 15.1. The van der Waals surface area contributed by atoms with Gasteiger partial charge in [-0.05, 0) is 0 Å². The highest BCUT2D eigenvalue weighted by Gasteiger charge is 2.07. The molecule has 0 bridgehead atoms. The number of halogens is 1. The van der Waals surface area contributed by atoms with Crippen LogP contribution in [0.3, 0.4) is 0 Å². The molecular weight excluding hydrogens is 178 g/mol. The van der Waals surface area contributed by atoms with Crippen molar-refractivity contribution in [2.24, 2.45) is 5.14 Å². The molecule has 0 aromatic rings. The van der Waals surface area contributed by atoms with Gasteiger partial charge in [-0.2, -0.15) is 0 Å². The van der Waals surface area contributed by atoms with E-state index in [1.807, 2.05) is 0 Å². The average Bonchev–Trinajstić information content (AvgIpc) is 1.81. The van der Waals surface area contributed by atoms with Crippen LogP contribution in [0.5, 0.6) is 0 Å². The lowest BCUT2D eigenvalue weighted by Crippen LogP contribution is -2.19. The lowest BCUT2D eigenvalue weighted by molar-refractivity contribution is 0.165. The number of ether oxygens (including phenoxy) is 1. The van der Waals surface area contributed by atoms with Crippen LogP contribution < -0.4 is 5.14 Å². The molecule has 0 saturated carbocycles. The van der Waals surface area contributed by atoms with Crippen LogP contribution in [0.15, 0.2) is 0 Å². The van der Waals surface area contributed by atoms with Crippen LogP contribution >= 0.6 is 11.6 Å². The van der Waals surface area contributed by atoms with E-state index in [1.165, 1.54) is 7.11 Å². The van der Waals surface area contributed by atoms with Crippen molar-refractivity contribution in [2.45, 2.75) is 12.0 Å². The van der Waals surface area contributed by atoms with Crippen LogP contribution in [0.1, 0.15) is 6.42 Å². The zero-order valence-electron chi connectivity index (χ0n) is 5.58. The zero-order valence-corrected chi connectivity index (χ0v) is 7.15. The van der Waals surface area contributed by atoms with E-state index in [2.05, 4.69) is 4.74 Å². The molecule has 4 nitrogen and oxygen atoms in total. The summed E-state index contributed by atoms with van der Waals surface area (Å²) in [5, 5.41) is 4.70. The highest BCUT2D eigenvalue weighted by Crippen LogP contribution is 2.02. The molecule has 0 fully saturated rings. The third-order valence-corrected chi connectivity index (χ3v) is 2.09. The second-order valence-corrected chi connectivity index (χ2v) is 4.02. The quantitative estimate of drug-likeness (QED) is 0.624. The molecular formula is C4H10ClNO3S. The third-order valence-electron chi connectivity index (χ3n) is 0.885. The molecule has 0 aliphatic carbocycles. The van der Waals surface area contributed by atoms with Crippen LogP contribution in [0.4, 0.5) is 0 Å². The molecule has 0 aliphatic rings. The largest absolute Gasteiger partial charge is 0.366 e. The van der Waals surface area contributed by atoms with Gasteiger partial charge >= 0.3 is 0 Å². The van der Waals surface area contributed by atoms with Crippen molar-refractivity contribution in [1.82, 2.24) is 0 Å². The Morgan fingerprint density at radius 1 is 1.70 bits per heavy atom. The first kappa shape index (κ1) is 10.2. The van der Waals surface area contributed by atoms with E-state index in [-0.39, 0.29) is 12.2 Å².